The molecule has 0 atom stereocenters. The molecule has 1 amide bonds. The molecule has 1 saturated carbocycles. The Kier molecular flexibility index (Phi) is 5.05. The van der Waals surface area contributed by atoms with Crippen LogP contribution in [0.4, 0.5) is 13.2 Å². The highest BCUT2D eigenvalue weighted by Crippen LogP contribution is 2.23. The first-order chi connectivity index (χ1) is 7.47. The second-order valence-electron chi connectivity index (χ2n) is 4.17. The molecule has 0 saturated heterocycles. The summed E-state index contributed by atoms with van der Waals surface area (Å²) >= 11 is 0. The highest BCUT2D eigenvalue weighted by molar-refractivity contribution is 5.77. The second-order valence-corrected chi connectivity index (χ2v) is 4.17. The van der Waals surface area contributed by atoms with Gasteiger partial charge in [0.2, 0.25) is 5.91 Å². The van der Waals surface area contributed by atoms with Crippen LogP contribution >= 0.6 is 0 Å². The highest BCUT2D eigenvalue weighted by atomic mass is 19.4. The molecule has 0 aromatic carbocycles. The summed E-state index contributed by atoms with van der Waals surface area (Å²) < 4.78 is 35.2. The fourth-order valence-electron chi connectivity index (χ4n) is 1.85. The predicted molar refractivity (Wildman–Crippen MR) is 53.9 cm³/mol. The molecule has 0 heterocycles. The molecule has 1 aliphatic carbocycles. The van der Waals surface area contributed by atoms with Crippen molar-refractivity contribution in [1.29, 1.82) is 0 Å². The molecule has 1 rings (SSSR count). The zero-order chi connectivity index (χ0) is 12.0. The van der Waals surface area contributed by atoms with Gasteiger partial charge in [0.05, 0.1) is 13.1 Å². The normalized spacial score (nSPS) is 17.7. The lowest BCUT2D eigenvalue weighted by Crippen LogP contribution is -2.39. The second kappa shape index (κ2) is 6.08. The standard InChI is InChI=1S/C10H17F3N2O/c11-10(12,13)7-14-6-9(16)15-5-8-3-1-2-4-8/h8,14H,1-7H2,(H,15,16). The summed E-state index contributed by atoms with van der Waals surface area (Å²) in [6.07, 6.45) is 0.331. The molecule has 0 unspecified atom stereocenters. The molecular formula is C10H17F3N2O. The molecule has 0 aliphatic heterocycles. The maximum atomic E-state index is 11.7. The summed E-state index contributed by atoms with van der Waals surface area (Å²) in [6, 6.07) is 0. The number of nitrogens with one attached hydrogen (secondary N) is 2. The van der Waals surface area contributed by atoms with Gasteiger partial charge >= 0.3 is 6.18 Å². The van der Waals surface area contributed by atoms with Crippen LogP contribution in [0.3, 0.4) is 0 Å². The first-order valence-corrected chi connectivity index (χ1v) is 5.51. The van der Waals surface area contributed by atoms with Crippen molar-refractivity contribution in [2.75, 3.05) is 19.6 Å². The minimum atomic E-state index is -4.26. The van der Waals surface area contributed by atoms with Crippen LogP contribution in [-0.2, 0) is 4.79 Å². The summed E-state index contributed by atoms with van der Waals surface area (Å²) in [5.74, 6) is 0.141. The zero-order valence-electron chi connectivity index (χ0n) is 9.07. The van der Waals surface area contributed by atoms with Crippen molar-refractivity contribution in [3.63, 3.8) is 0 Å². The predicted octanol–water partition coefficient (Wildman–Crippen LogP) is 1.44. The van der Waals surface area contributed by atoms with Gasteiger partial charge in [0.15, 0.2) is 0 Å². The summed E-state index contributed by atoms with van der Waals surface area (Å²) in [5.41, 5.74) is 0. The average Bonchev–Trinajstić information content (AvgIpc) is 2.65. The Morgan fingerprint density at radius 1 is 1.25 bits per heavy atom. The van der Waals surface area contributed by atoms with Gasteiger partial charge in [0.1, 0.15) is 0 Å². The Balaban J connectivity index is 2.02. The van der Waals surface area contributed by atoms with E-state index in [1.54, 1.807) is 0 Å². The van der Waals surface area contributed by atoms with Gasteiger partial charge in [-0.2, -0.15) is 13.2 Å². The fraction of sp³-hybridized carbons (Fsp3) is 0.900. The van der Waals surface area contributed by atoms with E-state index in [-0.39, 0.29) is 12.5 Å². The third-order valence-electron chi connectivity index (χ3n) is 2.67. The summed E-state index contributed by atoms with van der Waals surface area (Å²) in [7, 11) is 0. The summed E-state index contributed by atoms with van der Waals surface area (Å²) in [5, 5.41) is 4.71. The van der Waals surface area contributed by atoms with Crippen molar-refractivity contribution in [1.82, 2.24) is 10.6 Å². The summed E-state index contributed by atoms with van der Waals surface area (Å²) in [6.45, 7) is -0.803. The van der Waals surface area contributed by atoms with Crippen LogP contribution in [0.15, 0.2) is 0 Å². The van der Waals surface area contributed by atoms with E-state index >= 15 is 0 Å². The molecule has 3 nitrogen and oxygen atoms in total. The van der Waals surface area contributed by atoms with E-state index in [1.165, 1.54) is 12.8 Å². The van der Waals surface area contributed by atoms with Crippen molar-refractivity contribution in [2.24, 2.45) is 5.92 Å². The third-order valence-corrected chi connectivity index (χ3v) is 2.67. The number of rotatable bonds is 5. The van der Waals surface area contributed by atoms with Crippen LogP contribution < -0.4 is 10.6 Å². The molecule has 1 fully saturated rings. The van der Waals surface area contributed by atoms with Gasteiger partial charge < -0.3 is 10.6 Å². The molecule has 94 valence electrons. The average molecular weight is 238 g/mol. The molecule has 16 heavy (non-hydrogen) atoms. The van der Waals surface area contributed by atoms with Gasteiger partial charge in [-0.15, -0.1) is 0 Å². The quantitative estimate of drug-likeness (QED) is 0.761. The molecule has 2 N–H and O–H groups in total. The van der Waals surface area contributed by atoms with Gasteiger partial charge in [-0.25, -0.2) is 0 Å². The lowest BCUT2D eigenvalue weighted by molar-refractivity contribution is -0.128. The Morgan fingerprint density at radius 3 is 2.44 bits per heavy atom. The minimum Gasteiger partial charge on any atom is -0.355 e. The van der Waals surface area contributed by atoms with Crippen LogP contribution in [-0.4, -0.2) is 31.7 Å². The lowest BCUT2D eigenvalue weighted by Gasteiger charge is -2.11. The third kappa shape index (κ3) is 5.95. The number of halogens is 3. The smallest absolute Gasteiger partial charge is 0.355 e. The number of carbonyl (C=O) groups excluding carboxylic acids is 1. The van der Waals surface area contributed by atoms with E-state index in [4.69, 9.17) is 0 Å². The van der Waals surface area contributed by atoms with E-state index in [9.17, 15) is 18.0 Å². The SMILES string of the molecule is O=C(CNCC(F)(F)F)NCC1CCCC1. The summed E-state index contributed by atoms with van der Waals surface area (Å²) in [4.78, 5) is 11.1. The van der Waals surface area contributed by atoms with Crippen molar-refractivity contribution >= 4 is 5.91 Å². The van der Waals surface area contributed by atoms with Gasteiger partial charge in [0.25, 0.3) is 0 Å². The van der Waals surface area contributed by atoms with Gasteiger partial charge in [0, 0.05) is 6.54 Å². The van der Waals surface area contributed by atoms with Gasteiger partial charge in [-0.3, -0.25) is 4.79 Å². The topological polar surface area (TPSA) is 41.1 Å². The monoisotopic (exact) mass is 238 g/mol. The van der Waals surface area contributed by atoms with Crippen LogP contribution in [0.2, 0.25) is 0 Å². The minimum absolute atomic E-state index is 0.272. The number of carbonyl (C=O) groups is 1. The Morgan fingerprint density at radius 2 is 1.88 bits per heavy atom. The first kappa shape index (κ1) is 13.3. The van der Waals surface area contributed by atoms with Gasteiger partial charge in [-0.05, 0) is 18.8 Å². The van der Waals surface area contributed by atoms with Crippen LogP contribution in [0.5, 0.6) is 0 Å². The van der Waals surface area contributed by atoms with Crippen LogP contribution in [0.25, 0.3) is 0 Å². The largest absolute Gasteiger partial charge is 0.401 e. The van der Waals surface area contributed by atoms with E-state index in [0.717, 1.165) is 12.8 Å². The fourth-order valence-corrected chi connectivity index (χ4v) is 1.85. The molecule has 0 aromatic heterocycles. The number of alkyl halides is 3. The van der Waals surface area contributed by atoms with Crippen molar-refractivity contribution < 1.29 is 18.0 Å². The maximum Gasteiger partial charge on any atom is 0.401 e. The molecule has 0 radical (unpaired) electrons. The molecule has 0 aromatic rings. The molecular weight excluding hydrogens is 221 g/mol. The van der Waals surface area contributed by atoms with E-state index in [1.807, 2.05) is 0 Å². The number of hydrogen-bond donors (Lipinski definition) is 2. The van der Waals surface area contributed by atoms with Crippen molar-refractivity contribution in [2.45, 2.75) is 31.9 Å². The number of hydrogen-bond acceptors (Lipinski definition) is 2. The molecule has 1 aliphatic rings. The Bertz CT molecular complexity index is 225. The van der Waals surface area contributed by atoms with Gasteiger partial charge in [-0.1, -0.05) is 12.8 Å². The highest BCUT2D eigenvalue weighted by Gasteiger charge is 2.26. The lowest BCUT2D eigenvalue weighted by atomic mass is 10.1. The number of amides is 1. The Hall–Kier alpha value is -0.780. The molecule has 0 bridgehead atoms. The van der Waals surface area contributed by atoms with Crippen LogP contribution in [0.1, 0.15) is 25.7 Å². The van der Waals surface area contributed by atoms with E-state index in [2.05, 4.69) is 10.6 Å². The molecule has 6 heteroatoms. The van der Waals surface area contributed by atoms with E-state index in [0.29, 0.717) is 12.5 Å². The Labute approximate surface area is 92.8 Å². The van der Waals surface area contributed by atoms with Crippen molar-refractivity contribution in [3.05, 3.63) is 0 Å². The zero-order valence-corrected chi connectivity index (χ0v) is 9.07. The maximum absolute atomic E-state index is 11.7. The van der Waals surface area contributed by atoms with E-state index < -0.39 is 12.7 Å². The molecule has 0 spiro atoms. The first-order valence-electron chi connectivity index (χ1n) is 5.51. The van der Waals surface area contributed by atoms with Crippen molar-refractivity contribution in [3.8, 4) is 0 Å². The van der Waals surface area contributed by atoms with Crippen LogP contribution in [0, 0.1) is 5.92 Å².